The van der Waals surface area contributed by atoms with E-state index in [9.17, 15) is 4.79 Å². The second kappa shape index (κ2) is 6.90. The molecule has 1 aliphatic heterocycles. The third kappa shape index (κ3) is 3.61. The Bertz CT molecular complexity index is 887. The standard InChI is InChI=1S/C18H17N3O4/c22-18(20-13-5-7-23-10-13)17-9-15(25-21-17)11-24-14-3-4-16-12(8-14)2-1-6-19-16/h1-4,6,8-9,13H,5,7,10-11H2,(H,20,22). The van der Waals surface area contributed by atoms with Crippen molar-refractivity contribution in [1.29, 1.82) is 0 Å². The summed E-state index contributed by atoms with van der Waals surface area (Å²) in [5.74, 6) is 0.924. The number of hydrogen-bond donors (Lipinski definition) is 1. The Morgan fingerprint density at radius 1 is 1.32 bits per heavy atom. The zero-order valence-corrected chi connectivity index (χ0v) is 13.5. The fourth-order valence-corrected chi connectivity index (χ4v) is 2.69. The number of carbonyl (C=O) groups excluding carboxylic acids is 1. The van der Waals surface area contributed by atoms with Crippen molar-refractivity contribution in [1.82, 2.24) is 15.5 Å². The molecule has 1 atom stereocenters. The fourth-order valence-electron chi connectivity index (χ4n) is 2.69. The van der Waals surface area contributed by atoms with Crippen LogP contribution in [0.3, 0.4) is 0 Å². The van der Waals surface area contributed by atoms with Crippen LogP contribution in [0.4, 0.5) is 0 Å². The Balaban J connectivity index is 1.37. The Kier molecular flexibility index (Phi) is 4.30. The normalized spacial score (nSPS) is 16.9. The van der Waals surface area contributed by atoms with E-state index in [-0.39, 0.29) is 24.2 Å². The summed E-state index contributed by atoms with van der Waals surface area (Å²) < 4.78 is 16.1. The van der Waals surface area contributed by atoms with Crippen molar-refractivity contribution in [3.63, 3.8) is 0 Å². The van der Waals surface area contributed by atoms with Crippen molar-refractivity contribution in [2.24, 2.45) is 0 Å². The van der Waals surface area contributed by atoms with Crippen LogP contribution in [0.2, 0.25) is 0 Å². The van der Waals surface area contributed by atoms with Crippen LogP contribution in [0.15, 0.2) is 47.1 Å². The zero-order chi connectivity index (χ0) is 17.1. The molecule has 4 rings (SSSR count). The van der Waals surface area contributed by atoms with Gasteiger partial charge in [0.1, 0.15) is 12.4 Å². The molecule has 1 amide bonds. The smallest absolute Gasteiger partial charge is 0.273 e. The van der Waals surface area contributed by atoms with Gasteiger partial charge in [-0.15, -0.1) is 0 Å². The zero-order valence-electron chi connectivity index (χ0n) is 13.5. The minimum atomic E-state index is -0.262. The molecular weight excluding hydrogens is 322 g/mol. The predicted molar refractivity (Wildman–Crippen MR) is 89.3 cm³/mol. The molecule has 0 radical (unpaired) electrons. The van der Waals surface area contributed by atoms with E-state index in [4.69, 9.17) is 14.0 Å². The monoisotopic (exact) mass is 339 g/mol. The predicted octanol–water partition coefficient (Wildman–Crippen LogP) is 2.32. The highest BCUT2D eigenvalue weighted by molar-refractivity contribution is 5.92. The van der Waals surface area contributed by atoms with Gasteiger partial charge < -0.3 is 19.3 Å². The van der Waals surface area contributed by atoms with Crippen LogP contribution in [-0.2, 0) is 11.3 Å². The summed E-state index contributed by atoms with van der Waals surface area (Å²) in [6, 6.07) is 11.1. The van der Waals surface area contributed by atoms with E-state index in [0.29, 0.717) is 24.7 Å². The van der Waals surface area contributed by atoms with Gasteiger partial charge in [0.2, 0.25) is 0 Å². The van der Waals surface area contributed by atoms with Crippen LogP contribution in [0, 0.1) is 0 Å². The van der Waals surface area contributed by atoms with Crippen LogP contribution >= 0.6 is 0 Å². The van der Waals surface area contributed by atoms with Gasteiger partial charge in [-0.25, -0.2) is 0 Å². The number of aromatic nitrogens is 2. The second-order valence-electron chi connectivity index (χ2n) is 5.86. The lowest BCUT2D eigenvalue weighted by molar-refractivity contribution is 0.0920. The third-order valence-corrected chi connectivity index (χ3v) is 4.01. The Labute approximate surface area is 143 Å². The SMILES string of the molecule is O=C(NC1CCOC1)c1cc(COc2ccc3ncccc3c2)on1. The average molecular weight is 339 g/mol. The Morgan fingerprint density at radius 2 is 2.28 bits per heavy atom. The molecule has 0 spiro atoms. The van der Waals surface area contributed by atoms with E-state index < -0.39 is 0 Å². The van der Waals surface area contributed by atoms with Gasteiger partial charge in [0, 0.05) is 24.3 Å². The highest BCUT2D eigenvalue weighted by Crippen LogP contribution is 2.20. The number of amides is 1. The summed E-state index contributed by atoms with van der Waals surface area (Å²) in [6.07, 6.45) is 2.57. The van der Waals surface area contributed by atoms with Gasteiger partial charge in [0.25, 0.3) is 5.91 Å². The lowest BCUT2D eigenvalue weighted by Crippen LogP contribution is -2.35. The van der Waals surface area contributed by atoms with E-state index in [0.717, 1.165) is 17.3 Å². The highest BCUT2D eigenvalue weighted by Gasteiger charge is 2.20. The van der Waals surface area contributed by atoms with Crippen molar-refractivity contribution < 1.29 is 18.8 Å². The second-order valence-corrected chi connectivity index (χ2v) is 5.86. The molecule has 25 heavy (non-hydrogen) atoms. The van der Waals surface area contributed by atoms with E-state index in [1.807, 2.05) is 30.3 Å². The van der Waals surface area contributed by atoms with Gasteiger partial charge in [-0.2, -0.15) is 0 Å². The number of nitrogens with zero attached hydrogens (tertiary/aromatic N) is 2. The highest BCUT2D eigenvalue weighted by atomic mass is 16.5. The topological polar surface area (TPSA) is 86.5 Å². The number of rotatable bonds is 5. The van der Waals surface area contributed by atoms with Crippen molar-refractivity contribution in [3.05, 3.63) is 54.0 Å². The van der Waals surface area contributed by atoms with Gasteiger partial charge in [-0.1, -0.05) is 11.2 Å². The summed E-state index contributed by atoms with van der Waals surface area (Å²) in [6.45, 7) is 1.40. The van der Waals surface area contributed by atoms with Crippen molar-refractivity contribution >= 4 is 16.8 Å². The van der Waals surface area contributed by atoms with E-state index >= 15 is 0 Å². The summed E-state index contributed by atoms with van der Waals surface area (Å²) in [5, 5.41) is 7.67. The van der Waals surface area contributed by atoms with Gasteiger partial charge >= 0.3 is 0 Å². The molecule has 1 aromatic carbocycles. The number of pyridine rings is 1. The molecule has 3 aromatic rings. The molecule has 128 valence electrons. The van der Waals surface area contributed by atoms with Crippen LogP contribution in [-0.4, -0.2) is 35.3 Å². The first kappa shape index (κ1) is 15.6. The Hall–Kier alpha value is -2.93. The molecule has 0 bridgehead atoms. The summed E-state index contributed by atoms with van der Waals surface area (Å²) >= 11 is 0. The molecule has 1 N–H and O–H groups in total. The quantitative estimate of drug-likeness (QED) is 0.768. The molecule has 0 aliphatic carbocycles. The lowest BCUT2D eigenvalue weighted by Gasteiger charge is -2.07. The minimum absolute atomic E-state index is 0.0371. The molecule has 1 fully saturated rings. The van der Waals surface area contributed by atoms with Crippen molar-refractivity contribution in [2.45, 2.75) is 19.1 Å². The number of hydrogen-bond acceptors (Lipinski definition) is 6. The van der Waals surface area contributed by atoms with E-state index in [1.165, 1.54) is 0 Å². The number of ether oxygens (including phenoxy) is 2. The minimum Gasteiger partial charge on any atom is -0.486 e. The molecule has 1 unspecified atom stereocenters. The van der Waals surface area contributed by atoms with Gasteiger partial charge in [0.15, 0.2) is 11.5 Å². The maximum atomic E-state index is 12.1. The Morgan fingerprint density at radius 3 is 3.16 bits per heavy atom. The molecular formula is C18H17N3O4. The molecule has 7 heteroatoms. The van der Waals surface area contributed by atoms with Gasteiger partial charge in [-0.05, 0) is 30.7 Å². The van der Waals surface area contributed by atoms with Crippen LogP contribution in [0.5, 0.6) is 5.75 Å². The summed E-state index contributed by atoms with van der Waals surface area (Å²) in [5.41, 5.74) is 1.15. The van der Waals surface area contributed by atoms with Crippen molar-refractivity contribution in [2.75, 3.05) is 13.2 Å². The van der Waals surface area contributed by atoms with Gasteiger partial charge in [-0.3, -0.25) is 9.78 Å². The number of carbonyl (C=O) groups is 1. The van der Waals surface area contributed by atoms with E-state index in [2.05, 4.69) is 15.5 Å². The average Bonchev–Trinajstić information content (AvgIpc) is 3.31. The number of nitrogens with one attached hydrogen (secondary N) is 1. The van der Waals surface area contributed by atoms with Crippen LogP contribution in [0.25, 0.3) is 10.9 Å². The van der Waals surface area contributed by atoms with Gasteiger partial charge in [0.05, 0.1) is 18.2 Å². The summed E-state index contributed by atoms with van der Waals surface area (Å²) in [7, 11) is 0. The lowest BCUT2D eigenvalue weighted by atomic mass is 10.2. The fraction of sp³-hybridized carbons (Fsp3) is 0.278. The maximum absolute atomic E-state index is 12.1. The van der Waals surface area contributed by atoms with Crippen molar-refractivity contribution in [3.8, 4) is 5.75 Å². The number of benzene rings is 1. The van der Waals surface area contributed by atoms with Crippen LogP contribution in [0.1, 0.15) is 22.7 Å². The molecule has 0 saturated carbocycles. The first-order valence-electron chi connectivity index (χ1n) is 8.10. The molecule has 7 nitrogen and oxygen atoms in total. The molecule has 2 aromatic heterocycles. The summed E-state index contributed by atoms with van der Waals surface area (Å²) in [4.78, 5) is 16.4. The first-order valence-corrected chi connectivity index (χ1v) is 8.10. The first-order chi connectivity index (χ1) is 12.3. The maximum Gasteiger partial charge on any atom is 0.273 e. The number of fused-ring (bicyclic) bond motifs is 1. The molecule has 3 heterocycles. The third-order valence-electron chi connectivity index (χ3n) is 4.01. The molecule has 1 aliphatic rings. The van der Waals surface area contributed by atoms with E-state index in [1.54, 1.807) is 12.3 Å². The van der Waals surface area contributed by atoms with Crippen LogP contribution < -0.4 is 10.1 Å². The largest absolute Gasteiger partial charge is 0.486 e. The molecule has 1 saturated heterocycles.